The minimum absolute atomic E-state index is 0.178. The predicted molar refractivity (Wildman–Crippen MR) is 112 cm³/mol. The highest BCUT2D eigenvalue weighted by Crippen LogP contribution is 2.31. The lowest BCUT2D eigenvalue weighted by atomic mass is 10.2. The molecule has 0 unspecified atom stereocenters. The molecule has 3 heterocycles. The van der Waals surface area contributed by atoms with E-state index in [0.29, 0.717) is 27.9 Å². The highest BCUT2D eigenvalue weighted by molar-refractivity contribution is 7.89. The van der Waals surface area contributed by atoms with Gasteiger partial charge in [-0.1, -0.05) is 17.7 Å². The van der Waals surface area contributed by atoms with Crippen LogP contribution in [0.1, 0.15) is 31.4 Å². The number of benzene rings is 1. The maximum atomic E-state index is 12.9. The van der Waals surface area contributed by atoms with Gasteiger partial charge in [-0.15, -0.1) is 22.7 Å². The monoisotopic (exact) mass is 433 g/mol. The van der Waals surface area contributed by atoms with Gasteiger partial charge in [0.25, 0.3) is 5.91 Å². The molecule has 4 rings (SSSR count). The van der Waals surface area contributed by atoms with Crippen LogP contribution in [0.25, 0.3) is 0 Å². The van der Waals surface area contributed by atoms with Gasteiger partial charge in [-0.05, 0) is 43.0 Å². The average molecular weight is 434 g/mol. The Morgan fingerprint density at radius 3 is 2.61 bits per heavy atom. The van der Waals surface area contributed by atoms with E-state index in [-0.39, 0.29) is 12.5 Å². The summed E-state index contributed by atoms with van der Waals surface area (Å²) in [5, 5.41) is 5.24. The Labute approximate surface area is 171 Å². The molecule has 0 atom stereocenters. The first-order valence-corrected chi connectivity index (χ1v) is 11.9. The molecule has 1 N–H and O–H groups in total. The molecule has 0 spiro atoms. The number of aryl methyl sites for hydroxylation is 2. The molecule has 2 aromatic heterocycles. The van der Waals surface area contributed by atoms with Crippen LogP contribution in [0.3, 0.4) is 0 Å². The van der Waals surface area contributed by atoms with Crippen molar-refractivity contribution in [1.82, 2.24) is 9.29 Å². The highest BCUT2D eigenvalue weighted by atomic mass is 32.2. The number of carbonyl (C=O) groups is 1. The van der Waals surface area contributed by atoms with Crippen molar-refractivity contribution in [2.75, 3.05) is 11.9 Å². The highest BCUT2D eigenvalue weighted by Gasteiger charge is 2.30. The number of nitrogens with one attached hydrogen (secondary N) is 1. The van der Waals surface area contributed by atoms with Gasteiger partial charge in [0, 0.05) is 17.8 Å². The average Bonchev–Trinajstić information content (AvgIpc) is 3.26. The molecule has 0 radical (unpaired) electrons. The van der Waals surface area contributed by atoms with Crippen molar-refractivity contribution in [2.45, 2.75) is 31.7 Å². The molecule has 1 aliphatic rings. The molecule has 1 amide bonds. The molecule has 0 bridgehead atoms. The zero-order valence-corrected chi connectivity index (χ0v) is 17.9. The van der Waals surface area contributed by atoms with E-state index in [4.69, 9.17) is 0 Å². The van der Waals surface area contributed by atoms with Gasteiger partial charge in [-0.25, -0.2) is 13.4 Å². The Morgan fingerprint density at radius 2 is 1.93 bits per heavy atom. The maximum absolute atomic E-state index is 12.9. The van der Waals surface area contributed by atoms with E-state index >= 15 is 0 Å². The van der Waals surface area contributed by atoms with Crippen LogP contribution in [0.15, 0.2) is 40.6 Å². The lowest BCUT2D eigenvalue weighted by molar-refractivity contribution is 0.103. The van der Waals surface area contributed by atoms with E-state index in [1.54, 1.807) is 24.3 Å². The fourth-order valence-corrected chi connectivity index (χ4v) is 6.38. The summed E-state index contributed by atoms with van der Waals surface area (Å²) in [5.74, 6) is -0.178. The first kappa shape index (κ1) is 19.3. The van der Waals surface area contributed by atoms with Gasteiger partial charge in [0.1, 0.15) is 0 Å². The van der Waals surface area contributed by atoms with E-state index < -0.39 is 10.0 Å². The Balaban J connectivity index is 1.52. The topological polar surface area (TPSA) is 79.4 Å². The first-order chi connectivity index (χ1) is 13.3. The number of anilines is 1. The van der Waals surface area contributed by atoms with E-state index in [1.165, 1.54) is 27.0 Å². The van der Waals surface area contributed by atoms with E-state index in [0.717, 1.165) is 21.7 Å². The summed E-state index contributed by atoms with van der Waals surface area (Å²) in [6.45, 7) is 4.47. The van der Waals surface area contributed by atoms with E-state index in [1.807, 2.05) is 25.3 Å². The third kappa shape index (κ3) is 3.62. The Kier molecular flexibility index (Phi) is 5.09. The summed E-state index contributed by atoms with van der Waals surface area (Å²) < 4.78 is 27.3. The molecule has 1 aliphatic heterocycles. The quantitative estimate of drug-likeness (QED) is 0.678. The molecule has 0 aliphatic carbocycles. The summed E-state index contributed by atoms with van der Waals surface area (Å²) in [5.41, 5.74) is 2.81. The number of fused-ring (bicyclic) bond motifs is 1. The second kappa shape index (κ2) is 7.40. The van der Waals surface area contributed by atoms with Gasteiger partial charge in [-0.3, -0.25) is 10.1 Å². The van der Waals surface area contributed by atoms with E-state index in [9.17, 15) is 13.2 Å². The second-order valence-electron chi connectivity index (χ2n) is 6.68. The van der Waals surface area contributed by atoms with Gasteiger partial charge in [0.15, 0.2) is 5.13 Å². The van der Waals surface area contributed by atoms with Crippen LogP contribution < -0.4 is 5.32 Å². The molecule has 146 valence electrons. The van der Waals surface area contributed by atoms with Crippen molar-refractivity contribution < 1.29 is 13.2 Å². The minimum atomic E-state index is -3.55. The SMILES string of the molecule is Cc1ccc(S(=O)(=O)N2CCc3nc(NC(=O)c4sccc4C)sc3C2)cc1. The summed E-state index contributed by atoms with van der Waals surface area (Å²) in [7, 11) is -3.55. The number of rotatable bonds is 4. The van der Waals surface area contributed by atoms with Gasteiger partial charge in [-0.2, -0.15) is 4.31 Å². The molecule has 1 aromatic carbocycles. The normalized spacial score (nSPS) is 14.6. The van der Waals surface area contributed by atoms with Gasteiger partial charge >= 0.3 is 0 Å². The van der Waals surface area contributed by atoms with Crippen LogP contribution in [0.2, 0.25) is 0 Å². The number of thiazole rings is 1. The number of sulfonamides is 1. The Hall–Kier alpha value is -2.07. The number of amides is 1. The zero-order chi connectivity index (χ0) is 19.9. The molecule has 6 nitrogen and oxygen atoms in total. The van der Waals surface area contributed by atoms with Crippen molar-refractivity contribution in [3.8, 4) is 0 Å². The molecule has 28 heavy (non-hydrogen) atoms. The molecular weight excluding hydrogens is 414 g/mol. The van der Waals surface area contributed by atoms with E-state index in [2.05, 4.69) is 10.3 Å². The number of thiophene rings is 1. The van der Waals surface area contributed by atoms with Crippen LogP contribution in [0.4, 0.5) is 5.13 Å². The summed E-state index contributed by atoms with van der Waals surface area (Å²) in [6.07, 6.45) is 0.533. The van der Waals surface area contributed by atoms with Gasteiger partial charge in [0.05, 0.1) is 22.0 Å². The summed E-state index contributed by atoms with van der Waals surface area (Å²) in [4.78, 5) is 18.7. The van der Waals surface area contributed by atoms with Crippen molar-refractivity contribution in [3.05, 3.63) is 62.3 Å². The Bertz CT molecular complexity index is 1130. The largest absolute Gasteiger partial charge is 0.297 e. The second-order valence-corrected chi connectivity index (χ2v) is 10.6. The van der Waals surface area contributed by atoms with Crippen molar-refractivity contribution in [1.29, 1.82) is 0 Å². The molecule has 0 saturated heterocycles. The van der Waals surface area contributed by atoms with Gasteiger partial charge < -0.3 is 0 Å². The van der Waals surface area contributed by atoms with Gasteiger partial charge in [0.2, 0.25) is 10.0 Å². The lowest BCUT2D eigenvalue weighted by Crippen LogP contribution is -2.35. The summed E-state index contributed by atoms with van der Waals surface area (Å²) in [6, 6.07) is 8.79. The number of hydrogen-bond acceptors (Lipinski definition) is 6. The Morgan fingerprint density at radius 1 is 1.18 bits per heavy atom. The smallest absolute Gasteiger partial charge is 0.267 e. The number of nitrogens with zero attached hydrogens (tertiary/aromatic N) is 2. The number of hydrogen-bond donors (Lipinski definition) is 1. The molecule has 0 fully saturated rings. The number of carbonyl (C=O) groups excluding carboxylic acids is 1. The zero-order valence-electron chi connectivity index (χ0n) is 15.4. The fourth-order valence-electron chi connectivity index (χ4n) is 3.05. The summed E-state index contributed by atoms with van der Waals surface area (Å²) >= 11 is 2.73. The lowest BCUT2D eigenvalue weighted by Gasteiger charge is -2.25. The van der Waals surface area contributed by atoms with Crippen molar-refractivity contribution >= 4 is 43.7 Å². The minimum Gasteiger partial charge on any atom is -0.297 e. The third-order valence-corrected chi connectivity index (χ3v) is 8.52. The molecular formula is C19H19N3O3S3. The van der Waals surface area contributed by atoms with Crippen LogP contribution in [-0.2, 0) is 23.0 Å². The predicted octanol–water partition coefficient (Wildman–Crippen LogP) is 3.82. The molecule has 9 heteroatoms. The number of aromatic nitrogens is 1. The standard InChI is InChI=1S/C19H19N3O3S3/c1-12-3-5-14(6-4-12)28(24,25)22-9-7-15-16(11-22)27-19(20-15)21-18(23)17-13(2)8-10-26-17/h3-6,8,10H,7,9,11H2,1-2H3,(H,20,21,23). The van der Waals surface area contributed by atoms with Crippen LogP contribution >= 0.6 is 22.7 Å². The first-order valence-electron chi connectivity index (χ1n) is 8.75. The van der Waals surface area contributed by atoms with Crippen LogP contribution in [0, 0.1) is 13.8 Å². The van der Waals surface area contributed by atoms with Crippen molar-refractivity contribution in [3.63, 3.8) is 0 Å². The van der Waals surface area contributed by atoms with Crippen LogP contribution in [0.5, 0.6) is 0 Å². The molecule has 3 aromatic rings. The van der Waals surface area contributed by atoms with Crippen molar-refractivity contribution in [2.24, 2.45) is 0 Å². The van der Waals surface area contributed by atoms with Crippen LogP contribution in [-0.4, -0.2) is 30.2 Å². The molecule has 0 saturated carbocycles. The fraction of sp³-hybridized carbons (Fsp3) is 0.263. The maximum Gasteiger partial charge on any atom is 0.267 e. The third-order valence-electron chi connectivity index (χ3n) is 4.64.